The van der Waals surface area contributed by atoms with E-state index >= 15 is 0 Å². The van der Waals surface area contributed by atoms with Crippen molar-refractivity contribution in [2.45, 2.75) is 44.8 Å². The number of aromatic nitrogens is 2. The van der Waals surface area contributed by atoms with E-state index in [1.165, 1.54) is 0 Å². The van der Waals surface area contributed by atoms with Crippen LogP contribution < -0.4 is 5.32 Å². The summed E-state index contributed by atoms with van der Waals surface area (Å²) in [6.45, 7) is 1.97. The molecule has 0 amide bonds. The standard InChI is InChI=1S/C19H21N3O2S/c1-11-9-17(20-12-3-2-4-13(23)10-12)21-22-18(11)15-5-6-16-14(19(15)24)7-8-25-16/h5-9,12-13,23-24H,2-4,10H2,1H3,(H,20,21)/t12-,13+/m0/s1. The van der Waals surface area contributed by atoms with Gasteiger partial charge in [-0.25, -0.2) is 0 Å². The molecule has 2 aromatic heterocycles. The van der Waals surface area contributed by atoms with Crippen LogP contribution in [0.4, 0.5) is 5.82 Å². The average Bonchev–Trinajstić information content (AvgIpc) is 3.06. The van der Waals surface area contributed by atoms with Crippen molar-refractivity contribution in [2.24, 2.45) is 0 Å². The van der Waals surface area contributed by atoms with Gasteiger partial charge in [0.15, 0.2) is 0 Å². The molecule has 25 heavy (non-hydrogen) atoms. The maximum absolute atomic E-state index is 10.6. The lowest BCUT2D eigenvalue weighted by molar-refractivity contribution is 0.124. The monoisotopic (exact) mass is 355 g/mol. The van der Waals surface area contributed by atoms with Gasteiger partial charge in [0, 0.05) is 21.7 Å². The zero-order valence-corrected chi connectivity index (χ0v) is 14.9. The van der Waals surface area contributed by atoms with Gasteiger partial charge in [-0.1, -0.05) is 0 Å². The Morgan fingerprint density at radius 1 is 1.20 bits per heavy atom. The minimum atomic E-state index is -0.228. The first-order chi connectivity index (χ1) is 12.1. The lowest BCUT2D eigenvalue weighted by Gasteiger charge is -2.27. The van der Waals surface area contributed by atoms with Crippen molar-refractivity contribution >= 4 is 27.2 Å². The average molecular weight is 355 g/mol. The van der Waals surface area contributed by atoms with Crippen LogP contribution in [0, 0.1) is 6.92 Å². The van der Waals surface area contributed by atoms with E-state index in [1.807, 2.05) is 36.6 Å². The van der Waals surface area contributed by atoms with E-state index in [0.717, 1.165) is 47.2 Å². The van der Waals surface area contributed by atoms with Gasteiger partial charge in [-0.15, -0.1) is 21.5 Å². The van der Waals surface area contributed by atoms with Gasteiger partial charge in [0.2, 0.25) is 0 Å². The van der Waals surface area contributed by atoms with E-state index in [0.29, 0.717) is 11.3 Å². The minimum absolute atomic E-state index is 0.228. The number of phenolic OH excluding ortho intramolecular Hbond substituents is 1. The van der Waals surface area contributed by atoms with Crippen LogP contribution >= 0.6 is 11.3 Å². The van der Waals surface area contributed by atoms with E-state index in [2.05, 4.69) is 15.5 Å². The molecule has 130 valence electrons. The van der Waals surface area contributed by atoms with E-state index in [-0.39, 0.29) is 17.9 Å². The highest BCUT2D eigenvalue weighted by Crippen LogP contribution is 2.38. The number of fused-ring (bicyclic) bond motifs is 1. The first-order valence-corrected chi connectivity index (χ1v) is 9.48. The molecule has 2 atom stereocenters. The summed E-state index contributed by atoms with van der Waals surface area (Å²) in [4.78, 5) is 0. The third-order valence-corrected chi connectivity index (χ3v) is 5.73. The minimum Gasteiger partial charge on any atom is -0.507 e. The number of aliphatic hydroxyl groups excluding tert-OH is 1. The molecule has 3 aromatic rings. The number of phenols is 1. The fourth-order valence-electron chi connectivity index (χ4n) is 3.55. The van der Waals surface area contributed by atoms with Crippen molar-refractivity contribution in [3.8, 4) is 17.0 Å². The van der Waals surface area contributed by atoms with Gasteiger partial charge in [0.05, 0.1) is 11.8 Å². The molecule has 1 aliphatic rings. The number of nitrogens with zero attached hydrogens (tertiary/aromatic N) is 2. The normalized spacial score (nSPS) is 20.7. The molecule has 6 heteroatoms. The van der Waals surface area contributed by atoms with Gasteiger partial charge in [-0.05, 0) is 67.8 Å². The summed E-state index contributed by atoms with van der Waals surface area (Å²) in [6.07, 6.45) is 3.46. The largest absolute Gasteiger partial charge is 0.507 e. The zero-order valence-electron chi connectivity index (χ0n) is 14.1. The summed E-state index contributed by atoms with van der Waals surface area (Å²) in [5, 5.41) is 35.2. The number of aliphatic hydroxyl groups is 1. The molecule has 0 saturated heterocycles. The van der Waals surface area contributed by atoms with Gasteiger partial charge in [-0.3, -0.25) is 0 Å². The Hall–Kier alpha value is -2.18. The van der Waals surface area contributed by atoms with Crippen molar-refractivity contribution in [2.75, 3.05) is 5.32 Å². The molecule has 2 heterocycles. The van der Waals surface area contributed by atoms with Crippen LogP contribution in [0.3, 0.4) is 0 Å². The molecule has 5 nitrogen and oxygen atoms in total. The van der Waals surface area contributed by atoms with Gasteiger partial charge in [0.25, 0.3) is 0 Å². The smallest absolute Gasteiger partial charge is 0.149 e. The van der Waals surface area contributed by atoms with Crippen LogP contribution in [0.25, 0.3) is 21.3 Å². The Morgan fingerprint density at radius 3 is 2.88 bits per heavy atom. The first-order valence-electron chi connectivity index (χ1n) is 8.60. The number of aryl methyl sites for hydroxylation is 1. The number of aromatic hydroxyl groups is 1. The molecule has 3 N–H and O–H groups in total. The van der Waals surface area contributed by atoms with Crippen LogP contribution in [0.5, 0.6) is 5.75 Å². The molecule has 0 aliphatic heterocycles. The molecule has 0 radical (unpaired) electrons. The third-order valence-electron chi connectivity index (χ3n) is 4.84. The van der Waals surface area contributed by atoms with Crippen LogP contribution in [0.1, 0.15) is 31.2 Å². The molecule has 1 fully saturated rings. The van der Waals surface area contributed by atoms with Crippen LogP contribution in [0.2, 0.25) is 0 Å². The zero-order chi connectivity index (χ0) is 17.4. The maximum Gasteiger partial charge on any atom is 0.149 e. The Balaban J connectivity index is 1.61. The summed E-state index contributed by atoms with van der Waals surface area (Å²) < 4.78 is 1.06. The van der Waals surface area contributed by atoms with E-state index in [4.69, 9.17) is 0 Å². The highest BCUT2D eigenvalue weighted by atomic mass is 32.1. The number of anilines is 1. The summed E-state index contributed by atoms with van der Waals surface area (Å²) in [6, 6.07) is 8.02. The molecule has 1 aromatic carbocycles. The van der Waals surface area contributed by atoms with Crippen LogP contribution in [0.15, 0.2) is 29.6 Å². The van der Waals surface area contributed by atoms with Crippen molar-refractivity contribution in [3.05, 3.63) is 35.2 Å². The number of benzene rings is 1. The maximum atomic E-state index is 10.6. The summed E-state index contributed by atoms with van der Waals surface area (Å²) >= 11 is 1.61. The number of nitrogens with one attached hydrogen (secondary N) is 1. The molecule has 0 bridgehead atoms. The second kappa shape index (κ2) is 6.61. The quantitative estimate of drug-likeness (QED) is 0.659. The molecule has 4 rings (SSSR count). The van der Waals surface area contributed by atoms with Crippen LogP contribution in [-0.2, 0) is 0 Å². The highest BCUT2D eigenvalue weighted by Gasteiger charge is 2.21. The number of thiophene rings is 1. The van der Waals surface area contributed by atoms with Gasteiger partial charge >= 0.3 is 0 Å². The summed E-state index contributed by atoms with van der Waals surface area (Å²) in [5.41, 5.74) is 2.36. The fraction of sp³-hybridized carbons (Fsp3) is 0.368. The second-order valence-corrected chi connectivity index (χ2v) is 7.66. The van der Waals surface area contributed by atoms with E-state index in [1.54, 1.807) is 11.3 Å². The van der Waals surface area contributed by atoms with Gasteiger partial charge in [-0.2, -0.15) is 0 Å². The Kier molecular flexibility index (Phi) is 4.31. The van der Waals surface area contributed by atoms with Crippen molar-refractivity contribution in [1.29, 1.82) is 0 Å². The molecule has 0 unspecified atom stereocenters. The summed E-state index contributed by atoms with van der Waals surface area (Å²) in [7, 11) is 0. The first kappa shape index (κ1) is 16.3. The molecule has 0 spiro atoms. The van der Waals surface area contributed by atoms with Gasteiger partial charge in [0.1, 0.15) is 11.6 Å². The number of hydrogen-bond acceptors (Lipinski definition) is 6. The van der Waals surface area contributed by atoms with Crippen molar-refractivity contribution in [3.63, 3.8) is 0 Å². The van der Waals surface area contributed by atoms with E-state index < -0.39 is 0 Å². The Labute approximate surface area is 150 Å². The van der Waals surface area contributed by atoms with E-state index in [9.17, 15) is 10.2 Å². The molecule has 1 aliphatic carbocycles. The fourth-order valence-corrected chi connectivity index (χ4v) is 4.33. The lowest BCUT2D eigenvalue weighted by atomic mass is 9.93. The van der Waals surface area contributed by atoms with Crippen molar-refractivity contribution < 1.29 is 10.2 Å². The lowest BCUT2D eigenvalue weighted by Crippen LogP contribution is -2.30. The third kappa shape index (κ3) is 3.19. The number of hydrogen-bond donors (Lipinski definition) is 3. The SMILES string of the molecule is Cc1cc(N[C@H]2CCC[C@@H](O)C2)nnc1-c1ccc2sccc2c1O. The van der Waals surface area contributed by atoms with Crippen LogP contribution in [-0.4, -0.2) is 32.6 Å². The molecular weight excluding hydrogens is 334 g/mol. The highest BCUT2D eigenvalue weighted by molar-refractivity contribution is 7.17. The second-order valence-electron chi connectivity index (χ2n) is 6.72. The predicted molar refractivity (Wildman–Crippen MR) is 101 cm³/mol. The van der Waals surface area contributed by atoms with Gasteiger partial charge < -0.3 is 15.5 Å². The Bertz CT molecular complexity index is 909. The number of rotatable bonds is 3. The molecular formula is C19H21N3O2S. The summed E-state index contributed by atoms with van der Waals surface area (Å²) in [5.74, 6) is 0.976. The molecule has 1 saturated carbocycles. The van der Waals surface area contributed by atoms with Crippen molar-refractivity contribution in [1.82, 2.24) is 10.2 Å². The predicted octanol–water partition coefficient (Wildman–Crippen LogP) is 4.09. The topological polar surface area (TPSA) is 78.3 Å². The Morgan fingerprint density at radius 2 is 2.08 bits per heavy atom.